The fraction of sp³-hybridized carbons (Fsp3) is 0.409. The molecule has 0 spiro atoms. The van der Waals surface area contributed by atoms with Crippen LogP contribution in [0.3, 0.4) is 0 Å². The van der Waals surface area contributed by atoms with Crippen LogP contribution in [0.2, 0.25) is 5.02 Å². The number of rotatable bonds is 6. The highest BCUT2D eigenvalue weighted by atomic mass is 35.5. The number of aromatic nitrogens is 4. The second-order valence-corrected chi connectivity index (χ2v) is 8.48. The molecular formula is C22H23ClN6O2. The van der Waals surface area contributed by atoms with E-state index in [2.05, 4.69) is 25.1 Å². The molecule has 1 aromatic carbocycles. The van der Waals surface area contributed by atoms with Gasteiger partial charge in [-0.2, -0.15) is 0 Å². The number of piperidine rings is 1. The quantitative estimate of drug-likeness (QED) is 0.581. The van der Waals surface area contributed by atoms with Crippen molar-refractivity contribution in [1.29, 1.82) is 0 Å². The van der Waals surface area contributed by atoms with Gasteiger partial charge in [0, 0.05) is 42.1 Å². The minimum absolute atomic E-state index is 0.0863. The van der Waals surface area contributed by atoms with Crippen molar-refractivity contribution in [3.63, 3.8) is 0 Å². The van der Waals surface area contributed by atoms with E-state index in [1.807, 2.05) is 17.0 Å². The summed E-state index contributed by atoms with van der Waals surface area (Å²) in [6, 6.07) is 9.30. The molecule has 0 bridgehead atoms. The van der Waals surface area contributed by atoms with Crippen LogP contribution >= 0.6 is 11.6 Å². The maximum Gasteiger partial charge on any atom is 0.247 e. The van der Waals surface area contributed by atoms with Gasteiger partial charge in [-0.25, -0.2) is 9.97 Å². The zero-order chi connectivity index (χ0) is 21.2. The van der Waals surface area contributed by atoms with E-state index in [0.29, 0.717) is 35.8 Å². The summed E-state index contributed by atoms with van der Waals surface area (Å²) in [6.45, 7) is 1.83. The number of anilines is 1. The largest absolute Gasteiger partial charge is 0.419 e. The number of hydrogen-bond donors (Lipinski definition) is 0. The Morgan fingerprint density at radius 1 is 1.13 bits per heavy atom. The molecule has 9 heteroatoms. The van der Waals surface area contributed by atoms with Gasteiger partial charge in [-0.05, 0) is 56.0 Å². The number of benzene rings is 1. The first-order chi connectivity index (χ1) is 15.2. The zero-order valence-electron chi connectivity index (χ0n) is 17.0. The zero-order valence-corrected chi connectivity index (χ0v) is 17.8. The molecule has 2 aliphatic rings. The number of carbonyl (C=O) groups is 1. The van der Waals surface area contributed by atoms with Gasteiger partial charge in [-0.1, -0.05) is 11.6 Å². The van der Waals surface area contributed by atoms with Crippen LogP contribution in [-0.2, 0) is 11.3 Å². The first-order valence-electron chi connectivity index (χ1n) is 10.6. The van der Waals surface area contributed by atoms with E-state index in [0.717, 1.165) is 37.8 Å². The predicted octanol–water partition coefficient (Wildman–Crippen LogP) is 3.59. The normalized spacial score (nSPS) is 18.7. The maximum absolute atomic E-state index is 13.4. The molecule has 1 amide bonds. The van der Waals surface area contributed by atoms with E-state index in [4.69, 9.17) is 16.0 Å². The Bertz CT molecular complexity index is 1040. The van der Waals surface area contributed by atoms with Gasteiger partial charge in [-0.15, -0.1) is 10.2 Å². The van der Waals surface area contributed by atoms with Crippen LogP contribution in [-0.4, -0.2) is 50.1 Å². The first kappa shape index (κ1) is 19.9. The molecule has 31 heavy (non-hydrogen) atoms. The van der Waals surface area contributed by atoms with Crippen LogP contribution in [0.25, 0.3) is 11.5 Å². The number of amides is 1. The van der Waals surface area contributed by atoms with Crippen molar-refractivity contribution in [2.24, 2.45) is 5.92 Å². The minimum atomic E-state index is -0.0863. The second kappa shape index (κ2) is 8.63. The van der Waals surface area contributed by atoms with Gasteiger partial charge in [0.25, 0.3) is 0 Å². The van der Waals surface area contributed by atoms with Crippen molar-refractivity contribution in [3.8, 4) is 11.5 Å². The van der Waals surface area contributed by atoms with Gasteiger partial charge < -0.3 is 14.2 Å². The van der Waals surface area contributed by atoms with Crippen LogP contribution in [0, 0.1) is 5.92 Å². The molecule has 0 N–H and O–H groups in total. The lowest BCUT2D eigenvalue weighted by Crippen LogP contribution is -2.46. The van der Waals surface area contributed by atoms with Gasteiger partial charge in [0.15, 0.2) is 0 Å². The fourth-order valence-electron chi connectivity index (χ4n) is 3.99. The topological polar surface area (TPSA) is 88.3 Å². The molecule has 1 saturated carbocycles. The lowest BCUT2D eigenvalue weighted by molar-refractivity contribution is -0.137. The van der Waals surface area contributed by atoms with E-state index in [9.17, 15) is 4.79 Å². The highest BCUT2D eigenvalue weighted by Gasteiger charge is 2.38. The van der Waals surface area contributed by atoms with Crippen LogP contribution in [0.5, 0.6) is 0 Å². The maximum atomic E-state index is 13.4. The summed E-state index contributed by atoms with van der Waals surface area (Å²) in [4.78, 5) is 26.1. The molecule has 5 rings (SSSR count). The predicted molar refractivity (Wildman–Crippen MR) is 115 cm³/mol. The van der Waals surface area contributed by atoms with E-state index in [1.165, 1.54) is 0 Å². The Morgan fingerprint density at radius 2 is 1.90 bits per heavy atom. The van der Waals surface area contributed by atoms with Gasteiger partial charge in [0.1, 0.15) is 0 Å². The number of carbonyl (C=O) groups excluding carboxylic acids is 1. The minimum Gasteiger partial charge on any atom is -0.419 e. The molecular weight excluding hydrogens is 416 g/mol. The molecule has 1 atom stereocenters. The lowest BCUT2D eigenvalue weighted by Gasteiger charge is -2.34. The lowest BCUT2D eigenvalue weighted by atomic mass is 9.96. The summed E-state index contributed by atoms with van der Waals surface area (Å²) >= 11 is 5.95. The molecule has 1 saturated heterocycles. The monoisotopic (exact) mass is 438 g/mol. The molecule has 1 aliphatic heterocycles. The molecule has 0 radical (unpaired) electrons. The third-order valence-corrected chi connectivity index (χ3v) is 5.99. The highest BCUT2D eigenvalue weighted by Crippen LogP contribution is 2.32. The number of halogens is 1. The van der Waals surface area contributed by atoms with Crippen molar-refractivity contribution in [1.82, 2.24) is 25.1 Å². The van der Waals surface area contributed by atoms with Gasteiger partial charge >= 0.3 is 0 Å². The summed E-state index contributed by atoms with van der Waals surface area (Å²) in [7, 11) is 0. The molecule has 2 fully saturated rings. The third-order valence-electron chi connectivity index (χ3n) is 5.74. The molecule has 8 nitrogen and oxygen atoms in total. The highest BCUT2D eigenvalue weighted by molar-refractivity contribution is 6.30. The number of nitrogens with zero attached hydrogens (tertiary/aromatic N) is 6. The Kier molecular flexibility index (Phi) is 5.55. The molecule has 1 aliphatic carbocycles. The Balaban J connectivity index is 1.29. The molecule has 160 valence electrons. The number of hydrogen-bond acceptors (Lipinski definition) is 7. The standard InChI is InChI=1S/C22H23ClN6O2/c23-17-6-4-15(5-7-17)20-27-26-19(31-20)14-29(18-8-9-18)21(30)16-3-1-12-28(13-16)22-24-10-2-11-25-22/h2,4-7,10-11,16,18H,1,3,8-9,12-14H2. The molecule has 3 aromatic rings. The molecule has 1 unspecified atom stereocenters. The molecule has 3 heterocycles. The first-order valence-corrected chi connectivity index (χ1v) is 11.0. The van der Waals surface area contributed by atoms with Crippen molar-refractivity contribution in [2.75, 3.05) is 18.0 Å². The Morgan fingerprint density at radius 3 is 2.65 bits per heavy atom. The van der Waals surface area contributed by atoms with Crippen molar-refractivity contribution < 1.29 is 9.21 Å². The summed E-state index contributed by atoms with van der Waals surface area (Å²) in [5.74, 6) is 1.62. The van der Waals surface area contributed by atoms with Gasteiger partial charge in [0.2, 0.25) is 23.6 Å². The summed E-state index contributed by atoms with van der Waals surface area (Å²) in [6.07, 6.45) is 7.31. The van der Waals surface area contributed by atoms with E-state index in [-0.39, 0.29) is 17.9 Å². The van der Waals surface area contributed by atoms with E-state index in [1.54, 1.807) is 30.6 Å². The van der Waals surface area contributed by atoms with Gasteiger partial charge in [0.05, 0.1) is 12.5 Å². The van der Waals surface area contributed by atoms with E-state index >= 15 is 0 Å². The van der Waals surface area contributed by atoms with Crippen LogP contribution in [0.15, 0.2) is 47.1 Å². The van der Waals surface area contributed by atoms with Crippen LogP contribution < -0.4 is 4.90 Å². The van der Waals surface area contributed by atoms with Crippen LogP contribution in [0.1, 0.15) is 31.6 Å². The fourth-order valence-corrected chi connectivity index (χ4v) is 4.12. The summed E-state index contributed by atoms with van der Waals surface area (Å²) in [5.41, 5.74) is 0.804. The SMILES string of the molecule is O=C(C1CCCN(c2ncccn2)C1)N(Cc1nnc(-c2ccc(Cl)cc2)o1)C1CC1. The smallest absolute Gasteiger partial charge is 0.247 e. The average Bonchev–Trinajstić information content (AvgIpc) is 3.56. The Labute approximate surface area is 185 Å². The van der Waals surface area contributed by atoms with Gasteiger partial charge in [-0.3, -0.25) is 4.79 Å². The third kappa shape index (κ3) is 4.54. The summed E-state index contributed by atoms with van der Waals surface area (Å²) < 4.78 is 5.86. The summed E-state index contributed by atoms with van der Waals surface area (Å²) in [5, 5.41) is 8.98. The Hall–Kier alpha value is -3.00. The van der Waals surface area contributed by atoms with Crippen molar-refractivity contribution in [2.45, 2.75) is 38.3 Å². The van der Waals surface area contributed by atoms with Crippen molar-refractivity contribution >= 4 is 23.5 Å². The van der Waals surface area contributed by atoms with Crippen molar-refractivity contribution in [3.05, 3.63) is 53.6 Å². The second-order valence-electron chi connectivity index (χ2n) is 8.04. The average molecular weight is 439 g/mol. The van der Waals surface area contributed by atoms with E-state index < -0.39 is 0 Å². The van der Waals surface area contributed by atoms with Crippen LogP contribution in [0.4, 0.5) is 5.95 Å². The molecule has 2 aromatic heterocycles.